The predicted octanol–water partition coefficient (Wildman–Crippen LogP) is 0.917. The van der Waals surface area contributed by atoms with Crippen LogP contribution in [0.1, 0.15) is 23.2 Å². The molecular weight excluding hydrogens is 242 g/mol. The van der Waals surface area contributed by atoms with Gasteiger partial charge in [0.25, 0.3) is 5.91 Å². The number of rotatable bonds is 4. The number of nitrogens with one attached hydrogen (secondary N) is 1. The van der Waals surface area contributed by atoms with Gasteiger partial charge in [-0.2, -0.15) is 8.42 Å². The van der Waals surface area contributed by atoms with Gasteiger partial charge >= 0.3 is 10.1 Å². The Labute approximate surface area is 99.9 Å². The van der Waals surface area contributed by atoms with Crippen LogP contribution in [0.2, 0.25) is 0 Å². The molecule has 1 N–H and O–H groups in total. The highest BCUT2D eigenvalue weighted by Crippen LogP contribution is 2.23. The first kappa shape index (κ1) is 11.9. The molecule has 0 heterocycles. The molecule has 1 aromatic rings. The molecule has 0 radical (unpaired) electrons. The first-order valence-electron chi connectivity index (χ1n) is 5.25. The van der Waals surface area contributed by atoms with Crippen molar-refractivity contribution in [3.63, 3.8) is 0 Å². The number of hydrogen-bond donors (Lipinski definition) is 1. The fourth-order valence-corrected chi connectivity index (χ4v) is 1.85. The molecule has 1 saturated carbocycles. The largest absolute Gasteiger partial charge is 0.382 e. The van der Waals surface area contributed by atoms with E-state index in [4.69, 9.17) is 4.18 Å². The molecule has 0 saturated heterocycles. The van der Waals surface area contributed by atoms with Gasteiger partial charge in [0.05, 0.1) is 11.8 Å². The molecule has 6 heteroatoms. The van der Waals surface area contributed by atoms with E-state index >= 15 is 0 Å². The maximum atomic E-state index is 11.8. The second kappa shape index (κ2) is 4.37. The van der Waals surface area contributed by atoms with E-state index in [1.165, 1.54) is 12.1 Å². The van der Waals surface area contributed by atoms with Crippen molar-refractivity contribution < 1.29 is 17.4 Å². The summed E-state index contributed by atoms with van der Waals surface area (Å²) in [7, 11) is -3.63. The number of benzene rings is 1. The molecule has 0 unspecified atom stereocenters. The third-order valence-electron chi connectivity index (χ3n) is 2.29. The summed E-state index contributed by atoms with van der Waals surface area (Å²) in [6.45, 7) is 0. The minimum absolute atomic E-state index is 0.0631. The second-order valence-corrected chi connectivity index (χ2v) is 5.61. The molecule has 0 atom stereocenters. The van der Waals surface area contributed by atoms with Gasteiger partial charge in [0.1, 0.15) is 0 Å². The van der Waals surface area contributed by atoms with Crippen LogP contribution in [0.5, 0.6) is 5.75 Å². The van der Waals surface area contributed by atoms with E-state index in [0.29, 0.717) is 0 Å². The van der Waals surface area contributed by atoms with Crippen LogP contribution in [0.4, 0.5) is 0 Å². The maximum absolute atomic E-state index is 11.8. The minimum Gasteiger partial charge on any atom is -0.382 e. The molecule has 5 nitrogen and oxygen atoms in total. The Balaban J connectivity index is 2.22. The Morgan fingerprint density at radius 1 is 1.35 bits per heavy atom. The van der Waals surface area contributed by atoms with Gasteiger partial charge in [-0.25, -0.2) is 0 Å². The highest BCUT2D eigenvalue weighted by molar-refractivity contribution is 7.86. The highest BCUT2D eigenvalue weighted by atomic mass is 32.2. The molecule has 0 bridgehead atoms. The summed E-state index contributed by atoms with van der Waals surface area (Å²) < 4.78 is 26.9. The van der Waals surface area contributed by atoms with E-state index < -0.39 is 10.1 Å². The van der Waals surface area contributed by atoms with E-state index in [2.05, 4.69) is 5.32 Å². The van der Waals surface area contributed by atoms with Crippen LogP contribution < -0.4 is 9.50 Å². The Hall–Kier alpha value is -1.56. The van der Waals surface area contributed by atoms with Crippen molar-refractivity contribution >= 4 is 16.0 Å². The summed E-state index contributed by atoms with van der Waals surface area (Å²) in [5.74, 6) is -0.236. The van der Waals surface area contributed by atoms with Crippen LogP contribution in [0.3, 0.4) is 0 Å². The molecule has 0 aromatic heterocycles. The van der Waals surface area contributed by atoms with Crippen molar-refractivity contribution in [3.8, 4) is 5.75 Å². The SMILES string of the molecule is CS(=O)(=O)Oc1ccccc1C(=O)NC1CC1. The van der Waals surface area contributed by atoms with E-state index in [1.54, 1.807) is 12.1 Å². The van der Waals surface area contributed by atoms with Gasteiger partial charge < -0.3 is 9.50 Å². The summed E-state index contributed by atoms with van der Waals surface area (Å²) in [6.07, 6.45) is 2.89. The fraction of sp³-hybridized carbons (Fsp3) is 0.364. The molecular formula is C11H13NO4S. The van der Waals surface area contributed by atoms with Crippen molar-refractivity contribution in [2.75, 3.05) is 6.26 Å². The average molecular weight is 255 g/mol. The molecule has 1 amide bonds. The predicted molar refractivity (Wildman–Crippen MR) is 62.4 cm³/mol. The highest BCUT2D eigenvalue weighted by Gasteiger charge is 2.25. The number of para-hydroxylation sites is 1. The monoisotopic (exact) mass is 255 g/mol. The Morgan fingerprint density at radius 3 is 2.59 bits per heavy atom. The van der Waals surface area contributed by atoms with Gasteiger partial charge in [-0.15, -0.1) is 0 Å². The summed E-state index contributed by atoms with van der Waals surface area (Å²) in [5.41, 5.74) is 0.241. The summed E-state index contributed by atoms with van der Waals surface area (Å²) in [5, 5.41) is 2.78. The standard InChI is InChI=1S/C11H13NO4S/c1-17(14,15)16-10-5-3-2-4-9(10)11(13)12-8-6-7-8/h2-5,8H,6-7H2,1H3,(H,12,13). The van der Waals surface area contributed by atoms with E-state index in [-0.39, 0.29) is 23.3 Å². The molecule has 0 aliphatic heterocycles. The molecule has 92 valence electrons. The van der Waals surface area contributed by atoms with Crippen molar-refractivity contribution in [2.45, 2.75) is 18.9 Å². The van der Waals surface area contributed by atoms with Crippen molar-refractivity contribution in [1.29, 1.82) is 0 Å². The quantitative estimate of drug-likeness (QED) is 0.812. The van der Waals surface area contributed by atoms with Gasteiger partial charge in [-0.3, -0.25) is 4.79 Å². The van der Waals surface area contributed by atoms with Crippen molar-refractivity contribution in [3.05, 3.63) is 29.8 Å². The number of amides is 1. The smallest absolute Gasteiger partial charge is 0.306 e. The first-order chi connectivity index (χ1) is 7.96. The molecule has 0 spiro atoms. The van der Waals surface area contributed by atoms with Crippen LogP contribution in [0.15, 0.2) is 24.3 Å². The van der Waals surface area contributed by atoms with Crippen LogP contribution in [0.25, 0.3) is 0 Å². The molecule has 1 fully saturated rings. The van der Waals surface area contributed by atoms with Gasteiger partial charge in [0.15, 0.2) is 5.75 Å². The van der Waals surface area contributed by atoms with E-state index in [1.807, 2.05) is 0 Å². The van der Waals surface area contributed by atoms with Crippen molar-refractivity contribution in [1.82, 2.24) is 5.32 Å². The topological polar surface area (TPSA) is 72.5 Å². The zero-order chi connectivity index (χ0) is 12.5. The lowest BCUT2D eigenvalue weighted by Gasteiger charge is -2.09. The first-order valence-corrected chi connectivity index (χ1v) is 7.07. The van der Waals surface area contributed by atoms with Crippen LogP contribution in [-0.4, -0.2) is 26.6 Å². The molecule has 2 rings (SSSR count). The Bertz CT molecular complexity index is 534. The molecule has 1 aliphatic carbocycles. The zero-order valence-corrected chi connectivity index (χ0v) is 10.2. The molecule has 17 heavy (non-hydrogen) atoms. The third-order valence-corrected chi connectivity index (χ3v) is 2.77. The lowest BCUT2D eigenvalue weighted by atomic mass is 10.2. The van der Waals surface area contributed by atoms with Crippen LogP contribution >= 0.6 is 0 Å². The number of carbonyl (C=O) groups excluding carboxylic acids is 1. The van der Waals surface area contributed by atoms with E-state index in [9.17, 15) is 13.2 Å². The average Bonchev–Trinajstić information content (AvgIpc) is 3.00. The summed E-state index contributed by atoms with van der Waals surface area (Å²) in [6, 6.07) is 6.50. The Kier molecular flexibility index (Phi) is 3.06. The molecule has 1 aliphatic rings. The second-order valence-electron chi connectivity index (χ2n) is 4.03. The van der Waals surface area contributed by atoms with Gasteiger partial charge in [-0.1, -0.05) is 12.1 Å². The fourth-order valence-electron chi connectivity index (χ4n) is 1.38. The third kappa shape index (κ3) is 3.45. The van der Waals surface area contributed by atoms with Gasteiger partial charge in [0.2, 0.25) is 0 Å². The normalized spacial score (nSPS) is 15.4. The van der Waals surface area contributed by atoms with Gasteiger partial charge in [0, 0.05) is 6.04 Å². The van der Waals surface area contributed by atoms with E-state index in [0.717, 1.165) is 19.1 Å². The summed E-state index contributed by atoms with van der Waals surface area (Å²) in [4.78, 5) is 11.8. The lowest BCUT2D eigenvalue weighted by molar-refractivity contribution is 0.0949. The number of hydrogen-bond acceptors (Lipinski definition) is 4. The number of carbonyl (C=O) groups is 1. The van der Waals surface area contributed by atoms with Crippen molar-refractivity contribution in [2.24, 2.45) is 0 Å². The molecule has 1 aromatic carbocycles. The van der Waals surface area contributed by atoms with Crippen LogP contribution in [-0.2, 0) is 10.1 Å². The lowest BCUT2D eigenvalue weighted by Crippen LogP contribution is -2.26. The van der Waals surface area contributed by atoms with Crippen LogP contribution in [0, 0.1) is 0 Å². The maximum Gasteiger partial charge on any atom is 0.306 e. The Morgan fingerprint density at radius 2 is 2.00 bits per heavy atom. The van der Waals surface area contributed by atoms with Gasteiger partial charge in [-0.05, 0) is 25.0 Å². The zero-order valence-electron chi connectivity index (χ0n) is 9.34. The summed E-state index contributed by atoms with van der Waals surface area (Å²) >= 11 is 0. The minimum atomic E-state index is -3.63.